The molecule has 2 rings (SSSR count). The van der Waals surface area contributed by atoms with Crippen LogP contribution in [0.4, 0.5) is 0 Å². The molecule has 0 aromatic carbocycles. The van der Waals surface area contributed by atoms with E-state index in [4.69, 9.17) is 4.74 Å². The lowest BCUT2D eigenvalue weighted by Crippen LogP contribution is -2.12. The summed E-state index contributed by atoms with van der Waals surface area (Å²) in [6, 6.07) is 0. The number of Topliss-reactive ketones (excluding diaryl/α,β-unsaturated/α-hetero) is 1. The van der Waals surface area contributed by atoms with Crippen LogP contribution in [0.25, 0.3) is 0 Å². The lowest BCUT2D eigenvalue weighted by molar-refractivity contribution is -0.132. The van der Waals surface area contributed by atoms with Crippen molar-refractivity contribution in [3.63, 3.8) is 0 Å². The third-order valence-electron chi connectivity index (χ3n) is 2.01. The first-order chi connectivity index (χ1) is 6.22. The highest BCUT2D eigenvalue weighted by Gasteiger charge is 2.31. The van der Waals surface area contributed by atoms with Gasteiger partial charge in [-0.15, -0.1) is 0 Å². The van der Waals surface area contributed by atoms with Gasteiger partial charge in [-0.25, -0.2) is 4.99 Å². The first kappa shape index (κ1) is 7.91. The molecule has 0 fully saturated rings. The lowest BCUT2D eigenvalue weighted by atomic mass is 10.0. The predicted molar refractivity (Wildman–Crippen MR) is 45.2 cm³/mol. The van der Waals surface area contributed by atoms with Gasteiger partial charge in [-0.3, -0.25) is 9.59 Å². The summed E-state index contributed by atoms with van der Waals surface area (Å²) in [7, 11) is 1.52. The van der Waals surface area contributed by atoms with Crippen LogP contribution in [0.1, 0.15) is 6.42 Å². The zero-order chi connectivity index (χ0) is 9.42. The minimum atomic E-state index is -0.674. The SMILES string of the molecule is COC1=CCC2=NC(=O)C(=O)C2=C1. The second-order valence-electron chi connectivity index (χ2n) is 2.77. The predicted octanol–water partition coefficient (Wildman–Crippen LogP) is 0.397. The summed E-state index contributed by atoms with van der Waals surface area (Å²) in [6.07, 6.45) is 3.83. The smallest absolute Gasteiger partial charge is 0.318 e. The van der Waals surface area contributed by atoms with Gasteiger partial charge in [0.05, 0.1) is 18.4 Å². The van der Waals surface area contributed by atoms with Gasteiger partial charge in [-0.1, -0.05) is 0 Å². The van der Waals surface area contributed by atoms with Crippen LogP contribution in [0, 0.1) is 0 Å². The van der Waals surface area contributed by atoms with Gasteiger partial charge < -0.3 is 4.74 Å². The molecule has 1 aliphatic carbocycles. The fraction of sp³-hybridized carbons (Fsp3) is 0.222. The highest BCUT2D eigenvalue weighted by atomic mass is 16.5. The summed E-state index contributed by atoms with van der Waals surface area (Å²) in [5.41, 5.74) is 0.931. The number of methoxy groups -OCH3 is 1. The minimum absolute atomic E-state index is 0.379. The molecular weight excluding hydrogens is 170 g/mol. The minimum Gasteiger partial charge on any atom is -0.497 e. The molecule has 2 aliphatic rings. The van der Waals surface area contributed by atoms with Crippen LogP contribution in [0.2, 0.25) is 0 Å². The number of aliphatic imine (C=N–C) groups is 1. The maximum Gasteiger partial charge on any atom is 0.318 e. The van der Waals surface area contributed by atoms with E-state index in [-0.39, 0.29) is 0 Å². The van der Waals surface area contributed by atoms with Crippen molar-refractivity contribution in [2.45, 2.75) is 6.42 Å². The number of carbonyl (C=O) groups is 2. The van der Waals surface area contributed by atoms with Gasteiger partial charge in [0.1, 0.15) is 5.76 Å². The number of allylic oxidation sites excluding steroid dienone is 2. The fourth-order valence-electron chi connectivity index (χ4n) is 1.32. The van der Waals surface area contributed by atoms with Crippen molar-refractivity contribution < 1.29 is 14.3 Å². The first-order valence-electron chi connectivity index (χ1n) is 3.85. The lowest BCUT2D eigenvalue weighted by Gasteiger charge is -2.08. The van der Waals surface area contributed by atoms with E-state index in [0.717, 1.165) is 0 Å². The Hall–Kier alpha value is -1.71. The van der Waals surface area contributed by atoms with Gasteiger partial charge in [0, 0.05) is 6.42 Å². The van der Waals surface area contributed by atoms with E-state index in [1.54, 1.807) is 12.2 Å². The van der Waals surface area contributed by atoms with Crippen molar-refractivity contribution in [2.75, 3.05) is 7.11 Å². The third-order valence-corrected chi connectivity index (χ3v) is 2.01. The number of nitrogens with zero attached hydrogens (tertiary/aromatic N) is 1. The maximum absolute atomic E-state index is 11.2. The summed E-state index contributed by atoms with van der Waals surface area (Å²) in [4.78, 5) is 25.7. The van der Waals surface area contributed by atoms with Crippen LogP contribution in [-0.4, -0.2) is 24.5 Å². The molecule has 1 amide bonds. The van der Waals surface area contributed by atoms with Gasteiger partial charge in [0.25, 0.3) is 5.78 Å². The van der Waals surface area contributed by atoms with Gasteiger partial charge >= 0.3 is 5.91 Å². The molecule has 4 nitrogen and oxygen atoms in total. The average Bonchev–Trinajstić information content (AvgIpc) is 2.43. The number of hydrogen-bond donors (Lipinski definition) is 0. The summed E-state index contributed by atoms with van der Waals surface area (Å²) in [6.45, 7) is 0. The number of hydrogen-bond acceptors (Lipinski definition) is 3. The number of rotatable bonds is 1. The number of amides is 1. The molecule has 0 bridgehead atoms. The van der Waals surface area contributed by atoms with Crippen molar-refractivity contribution in [3.8, 4) is 0 Å². The zero-order valence-corrected chi connectivity index (χ0v) is 7.03. The Morgan fingerprint density at radius 3 is 2.92 bits per heavy atom. The van der Waals surface area contributed by atoms with Crippen LogP contribution < -0.4 is 0 Å². The van der Waals surface area contributed by atoms with Gasteiger partial charge in [-0.05, 0) is 12.2 Å². The number of ether oxygens (including phenoxy) is 1. The Morgan fingerprint density at radius 1 is 1.46 bits per heavy atom. The van der Waals surface area contributed by atoms with Crippen LogP contribution in [0.5, 0.6) is 0 Å². The van der Waals surface area contributed by atoms with Crippen molar-refractivity contribution in [1.82, 2.24) is 0 Å². The third kappa shape index (κ3) is 1.11. The second-order valence-corrected chi connectivity index (χ2v) is 2.77. The Morgan fingerprint density at radius 2 is 2.23 bits per heavy atom. The quantitative estimate of drug-likeness (QED) is 0.544. The van der Waals surface area contributed by atoms with E-state index in [9.17, 15) is 9.59 Å². The summed E-state index contributed by atoms with van der Waals surface area (Å²) in [5.74, 6) is -0.596. The van der Waals surface area contributed by atoms with Gasteiger partial charge in [0.2, 0.25) is 0 Å². The van der Waals surface area contributed by atoms with Gasteiger partial charge in [-0.2, -0.15) is 0 Å². The van der Waals surface area contributed by atoms with Crippen molar-refractivity contribution >= 4 is 17.4 Å². The summed E-state index contributed by atoms with van der Waals surface area (Å²) < 4.78 is 4.95. The summed E-state index contributed by atoms with van der Waals surface area (Å²) >= 11 is 0. The van der Waals surface area contributed by atoms with Crippen molar-refractivity contribution in [2.24, 2.45) is 4.99 Å². The number of ketones is 1. The van der Waals surface area contributed by atoms with Crippen LogP contribution in [-0.2, 0) is 14.3 Å². The molecule has 0 radical (unpaired) electrons. The van der Waals surface area contributed by atoms with Crippen LogP contribution >= 0.6 is 0 Å². The Balaban J connectivity index is 2.42. The van der Waals surface area contributed by atoms with E-state index in [1.165, 1.54) is 7.11 Å². The Kier molecular flexibility index (Phi) is 1.62. The van der Waals surface area contributed by atoms with E-state index in [2.05, 4.69) is 4.99 Å². The van der Waals surface area contributed by atoms with Crippen molar-refractivity contribution in [1.29, 1.82) is 0 Å². The van der Waals surface area contributed by atoms with Crippen LogP contribution in [0.15, 0.2) is 28.5 Å². The summed E-state index contributed by atoms with van der Waals surface area (Å²) in [5, 5.41) is 0. The molecule has 0 spiro atoms. The number of fused-ring (bicyclic) bond motifs is 1. The Bertz CT molecular complexity index is 388. The molecule has 0 atom stereocenters. The van der Waals surface area contributed by atoms with E-state index < -0.39 is 11.7 Å². The monoisotopic (exact) mass is 177 g/mol. The highest BCUT2D eigenvalue weighted by Crippen LogP contribution is 2.21. The van der Waals surface area contributed by atoms with E-state index >= 15 is 0 Å². The fourth-order valence-corrected chi connectivity index (χ4v) is 1.32. The Labute approximate surface area is 74.6 Å². The number of carbonyl (C=O) groups excluding carboxylic acids is 2. The topological polar surface area (TPSA) is 55.7 Å². The molecule has 13 heavy (non-hydrogen) atoms. The van der Waals surface area contributed by atoms with Gasteiger partial charge in [0.15, 0.2) is 0 Å². The molecule has 0 aromatic rings. The van der Waals surface area contributed by atoms with Crippen molar-refractivity contribution in [3.05, 3.63) is 23.5 Å². The second kappa shape index (κ2) is 2.65. The molecule has 1 aliphatic heterocycles. The van der Waals surface area contributed by atoms with E-state index in [1.807, 2.05) is 0 Å². The average molecular weight is 177 g/mol. The maximum atomic E-state index is 11.2. The molecule has 66 valence electrons. The largest absolute Gasteiger partial charge is 0.497 e. The van der Waals surface area contributed by atoms with E-state index in [0.29, 0.717) is 23.5 Å². The molecule has 1 heterocycles. The molecule has 0 saturated carbocycles. The zero-order valence-electron chi connectivity index (χ0n) is 7.03. The highest BCUT2D eigenvalue weighted by molar-refractivity contribution is 6.56. The normalized spacial score (nSPS) is 20.5. The molecule has 0 saturated heterocycles. The molecular formula is C9H7NO3. The standard InChI is InChI=1S/C9H7NO3/c1-13-5-2-3-7-6(4-5)8(11)9(12)10-7/h2,4H,3H2,1H3. The first-order valence-corrected chi connectivity index (χ1v) is 3.85. The molecule has 0 aromatic heterocycles. The molecule has 0 unspecified atom stereocenters. The van der Waals surface area contributed by atoms with Crippen LogP contribution in [0.3, 0.4) is 0 Å². The molecule has 4 heteroatoms. The molecule has 0 N–H and O–H groups in total.